The Labute approximate surface area is 218 Å². The number of rotatable bonds is 4. The number of amides is 2. The molecule has 1 saturated heterocycles. The first-order valence-electron chi connectivity index (χ1n) is 13.4. The normalized spacial score (nSPS) is 18.8. The van der Waals surface area contributed by atoms with E-state index in [4.69, 9.17) is 4.74 Å². The van der Waals surface area contributed by atoms with Gasteiger partial charge in [-0.05, 0) is 69.0 Å². The van der Waals surface area contributed by atoms with Gasteiger partial charge in [0.15, 0.2) is 0 Å². The van der Waals surface area contributed by atoms with E-state index >= 15 is 0 Å². The fraction of sp³-hybridized carbons (Fsp3) is 0.483. The number of para-hydroxylation sites is 3. The molecule has 3 aromatic rings. The van der Waals surface area contributed by atoms with Crippen molar-refractivity contribution in [2.24, 2.45) is 12.5 Å². The molecular formula is C29H37N5O3. The molecule has 37 heavy (non-hydrogen) atoms. The predicted octanol–water partition coefficient (Wildman–Crippen LogP) is 3.19. The molecule has 1 fully saturated rings. The van der Waals surface area contributed by atoms with Gasteiger partial charge in [-0.1, -0.05) is 36.8 Å². The summed E-state index contributed by atoms with van der Waals surface area (Å²) < 4.78 is 7.97. The molecule has 1 spiro atoms. The molecule has 3 heterocycles. The number of likely N-dealkylation sites (tertiary alicyclic amines) is 1. The van der Waals surface area contributed by atoms with E-state index in [0.29, 0.717) is 26.2 Å². The molecule has 0 aliphatic carbocycles. The van der Waals surface area contributed by atoms with E-state index in [2.05, 4.69) is 32.7 Å². The topological polar surface area (TPSA) is 88.5 Å². The predicted molar refractivity (Wildman–Crippen MR) is 143 cm³/mol. The number of carbonyl (C=O) groups excluding carboxylic acids is 2. The average Bonchev–Trinajstić information content (AvgIpc) is 3.24. The van der Waals surface area contributed by atoms with Crippen molar-refractivity contribution in [1.29, 1.82) is 0 Å². The van der Waals surface area contributed by atoms with Crippen LogP contribution in [0.25, 0.3) is 11.0 Å². The Morgan fingerprint density at radius 1 is 1.08 bits per heavy atom. The zero-order valence-corrected chi connectivity index (χ0v) is 21.7. The van der Waals surface area contributed by atoms with Crippen molar-refractivity contribution in [3.05, 3.63) is 59.9 Å². The molecule has 2 amide bonds. The van der Waals surface area contributed by atoms with Crippen molar-refractivity contribution >= 4 is 22.8 Å². The Hall–Kier alpha value is -3.39. The standard InChI is InChI=1S/C29H37N5O3/c1-33-24-11-4-3-10-23(24)32-26(33)20-31-27(35)21-34-17-14-29(15-18-34)13-7-6-9-22-8-2-5-12-25(22)37-19-16-30-28(29)36/h2-5,8,10-12H,6-7,9,13-21H2,1H3,(H,30,36)(H,31,35). The molecule has 0 bridgehead atoms. The second-order valence-electron chi connectivity index (χ2n) is 10.3. The zero-order chi connectivity index (χ0) is 25.7. The lowest BCUT2D eigenvalue weighted by molar-refractivity contribution is -0.135. The zero-order valence-electron chi connectivity index (χ0n) is 21.7. The van der Waals surface area contributed by atoms with Gasteiger partial charge in [0, 0.05) is 7.05 Å². The van der Waals surface area contributed by atoms with Gasteiger partial charge in [0.2, 0.25) is 11.8 Å². The number of carbonyl (C=O) groups is 2. The van der Waals surface area contributed by atoms with Crippen LogP contribution < -0.4 is 15.4 Å². The van der Waals surface area contributed by atoms with Gasteiger partial charge >= 0.3 is 0 Å². The summed E-state index contributed by atoms with van der Waals surface area (Å²) in [6.45, 7) is 3.19. The van der Waals surface area contributed by atoms with Crippen LogP contribution in [0.2, 0.25) is 0 Å². The van der Waals surface area contributed by atoms with Gasteiger partial charge in [0.25, 0.3) is 0 Å². The van der Waals surface area contributed by atoms with Crippen LogP contribution in [-0.2, 0) is 29.6 Å². The van der Waals surface area contributed by atoms with Crippen LogP contribution in [-0.4, -0.2) is 59.1 Å². The van der Waals surface area contributed by atoms with Crippen LogP contribution in [0.4, 0.5) is 0 Å². The van der Waals surface area contributed by atoms with Crippen LogP contribution in [0.5, 0.6) is 5.75 Å². The van der Waals surface area contributed by atoms with Crippen molar-refractivity contribution in [2.75, 3.05) is 32.8 Å². The first-order chi connectivity index (χ1) is 18.0. The fourth-order valence-electron chi connectivity index (χ4n) is 5.66. The molecule has 2 aliphatic rings. The van der Waals surface area contributed by atoms with Gasteiger partial charge in [-0.3, -0.25) is 14.5 Å². The minimum Gasteiger partial charge on any atom is -0.491 e. The number of fused-ring (bicyclic) bond motifs is 2. The van der Waals surface area contributed by atoms with Crippen molar-refractivity contribution in [3.63, 3.8) is 0 Å². The summed E-state index contributed by atoms with van der Waals surface area (Å²) >= 11 is 0. The van der Waals surface area contributed by atoms with Gasteiger partial charge in [-0.2, -0.15) is 0 Å². The highest BCUT2D eigenvalue weighted by Crippen LogP contribution is 2.37. The number of hydrogen-bond donors (Lipinski definition) is 2. The molecule has 8 heteroatoms. The molecular weight excluding hydrogens is 466 g/mol. The molecule has 2 N–H and O–H groups in total. The summed E-state index contributed by atoms with van der Waals surface area (Å²) in [5, 5.41) is 6.16. The van der Waals surface area contributed by atoms with E-state index < -0.39 is 0 Å². The number of aromatic nitrogens is 2. The maximum absolute atomic E-state index is 13.3. The van der Waals surface area contributed by atoms with Gasteiger partial charge in [-0.25, -0.2) is 4.98 Å². The molecule has 2 aromatic carbocycles. The fourth-order valence-corrected chi connectivity index (χ4v) is 5.66. The van der Waals surface area contributed by atoms with E-state index in [-0.39, 0.29) is 17.2 Å². The third kappa shape index (κ3) is 5.80. The monoisotopic (exact) mass is 503 g/mol. The van der Waals surface area contributed by atoms with Crippen molar-refractivity contribution in [3.8, 4) is 5.75 Å². The lowest BCUT2D eigenvalue weighted by Crippen LogP contribution is -2.51. The highest BCUT2D eigenvalue weighted by atomic mass is 16.5. The Balaban J connectivity index is 1.13. The summed E-state index contributed by atoms with van der Waals surface area (Å²) in [7, 11) is 1.97. The molecule has 0 atom stereocenters. The molecule has 1 aromatic heterocycles. The second-order valence-corrected chi connectivity index (χ2v) is 10.3. The van der Waals surface area contributed by atoms with Crippen LogP contribution >= 0.6 is 0 Å². The average molecular weight is 504 g/mol. The van der Waals surface area contributed by atoms with E-state index in [1.807, 2.05) is 48.0 Å². The summed E-state index contributed by atoms with van der Waals surface area (Å²) in [6, 6.07) is 16.2. The van der Waals surface area contributed by atoms with E-state index in [9.17, 15) is 9.59 Å². The number of benzene rings is 2. The molecule has 0 unspecified atom stereocenters. The summed E-state index contributed by atoms with van der Waals surface area (Å²) in [5.41, 5.74) is 2.86. The number of imidazole rings is 1. The summed E-state index contributed by atoms with van der Waals surface area (Å²) in [4.78, 5) is 32.8. The van der Waals surface area contributed by atoms with Gasteiger partial charge in [0.1, 0.15) is 18.2 Å². The number of nitrogens with one attached hydrogen (secondary N) is 2. The van der Waals surface area contributed by atoms with Gasteiger partial charge in [-0.15, -0.1) is 0 Å². The third-order valence-corrected chi connectivity index (χ3v) is 7.95. The molecule has 8 nitrogen and oxygen atoms in total. The lowest BCUT2D eigenvalue weighted by Gasteiger charge is -2.40. The number of hydrogen-bond acceptors (Lipinski definition) is 5. The minimum absolute atomic E-state index is 0.0121. The van der Waals surface area contributed by atoms with Crippen LogP contribution in [0, 0.1) is 5.41 Å². The van der Waals surface area contributed by atoms with Crippen LogP contribution in [0.3, 0.4) is 0 Å². The maximum Gasteiger partial charge on any atom is 0.234 e. The largest absolute Gasteiger partial charge is 0.491 e. The molecule has 5 rings (SSSR count). The first-order valence-corrected chi connectivity index (χ1v) is 13.4. The molecule has 2 aliphatic heterocycles. The van der Waals surface area contributed by atoms with Gasteiger partial charge < -0.3 is 19.9 Å². The Morgan fingerprint density at radius 2 is 1.86 bits per heavy atom. The van der Waals surface area contributed by atoms with Crippen LogP contribution in [0.15, 0.2) is 48.5 Å². The maximum atomic E-state index is 13.3. The number of piperidine rings is 1. The summed E-state index contributed by atoms with van der Waals surface area (Å²) in [6.07, 6.45) is 5.42. The summed E-state index contributed by atoms with van der Waals surface area (Å²) in [5.74, 6) is 1.89. The Morgan fingerprint density at radius 3 is 2.70 bits per heavy atom. The number of nitrogens with zero attached hydrogens (tertiary/aromatic N) is 3. The number of aryl methyl sites for hydroxylation is 2. The second kappa shape index (κ2) is 11.3. The quantitative estimate of drug-likeness (QED) is 0.571. The number of ether oxygens (including phenoxy) is 1. The third-order valence-electron chi connectivity index (χ3n) is 7.95. The molecule has 196 valence electrons. The Bertz CT molecular complexity index is 1250. The minimum atomic E-state index is -0.362. The highest BCUT2D eigenvalue weighted by molar-refractivity contribution is 5.83. The lowest BCUT2D eigenvalue weighted by atomic mass is 9.73. The van der Waals surface area contributed by atoms with E-state index in [1.165, 1.54) is 5.56 Å². The highest BCUT2D eigenvalue weighted by Gasteiger charge is 2.41. The van der Waals surface area contributed by atoms with Crippen LogP contribution in [0.1, 0.15) is 43.5 Å². The van der Waals surface area contributed by atoms with E-state index in [0.717, 1.165) is 74.2 Å². The first kappa shape index (κ1) is 25.3. The molecule has 0 saturated carbocycles. The van der Waals surface area contributed by atoms with Crippen molar-refractivity contribution in [2.45, 2.75) is 45.1 Å². The van der Waals surface area contributed by atoms with E-state index in [1.54, 1.807) is 0 Å². The Kier molecular flexibility index (Phi) is 7.74. The SMILES string of the molecule is Cn1c(CNC(=O)CN2CCC3(CCCCc4ccccc4OCCNC3=O)CC2)nc2ccccc21. The van der Waals surface area contributed by atoms with Crippen molar-refractivity contribution in [1.82, 2.24) is 25.1 Å². The van der Waals surface area contributed by atoms with Gasteiger partial charge in [0.05, 0.1) is 36.1 Å². The van der Waals surface area contributed by atoms with Crippen molar-refractivity contribution < 1.29 is 14.3 Å². The smallest absolute Gasteiger partial charge is 0.234 e. The molecule has 0 radical (unpaired) electrons.